The van der Waals surface area contributed by atoms with E-state index in [0.717, 1.165) is 20.7 Å². The van der Waals surface area contributed by atoms with Gasteiger partial charge in [0.25, 0.3) is 11.8 Å². The molecule has 9 nitrogen and oxygen atoms in total. The number of methoxy groups -OCH3 is 1. The number of hydrogen-bond donors (Lipinski definition) is 3. The van der Waals surface area contributed by atoms with Gasteiger partial charge in [0.2, 0.25) is 5.91 Å². The van der Waals surface area contributed by atoms with Crippen molar-refractivity contribution in [3.63, 3.8) is 0 Å². The van der Waals surface area contributed by atoms with Crippen molar-refractivity contribution in [3.05, 3.63) is 150 Å². The highest BCUT2D eigenvalue weighted by Gasteiger charge is 2.24. The van der Waals surface area contributed by atoms with Gasteiger partial charge in [0.05, 0.1) is 23.9 Å². The van der Waals surface area contributed by atoms with E-state index in [1.807, 2.05) is 79.7 Å². The van der Waals surface area contributed by atoms with Gasteiger partial charge in [-0.3, -0.25) is 14.4 Å². The number of amides is 3. The summed E-state index contributed by atoms with van der Waals surface area (Å²) in [5.74, 6) is 0.241. The van der Waals surface area contributed by atoms with E-state index in [0.29, 0.717) is 40.1 Å². The Bertz CT molecular complexity index is 2170. The number of carbonyl (C=O) groups excluding carboxylic acids is 3. The molecule has 0 saturated heterocycles. The molecular weight excluding hydrogens is 681 g/mol. The zero-order valence-corrected chi connectivity index (χ0v) is 29.4. The summed E-state index contributed by atoms with van der Waals surface area (Å²) in [4.78, 5) is 46.0. The highest BCUT2D eigenvalue weighted by Crippen LogP contribution is 2.38. The summed E-state index contributed by atoms with van der Waals surface area (Å²) in [5, 5.41) is 8.54. The maximum atomic E-state index is 13.8. The van der Waals surface area contributed by atoms with Crippen molar-refractivity contribution in [1.29, 1.82) is 0 Å². The number of anilines is 2. The molecule has 0 aliphatic carbocycles. The topological polar surface area (TPSA) is 119 Å². The molecule has 6 rings (SSSR count). The molecule has 0 saturated carbocycles. The van der Waals surface area contributed by atoms with Crippen molar-refractivity contribution in [3.8, 4) is 11.5 Å². The minimum atomic E-state index is -0.626. The molecule has 6 aromatic rings. The first-order chi connectivity index (χ1) is 24.9. The van der Waals surface area contributed by atoms with Gasteiger partial charge in [0.1, 0.15) is 22.4 Å². The van der Waals surface area contributed by atoms with Crippen molar-refractivity contribution >= 4 is 67.9 Å². The van der Waals surface area contributed by atoms with E-state index in [4.69, 9.17) is 9.47 Å². The number of fused-ring (bicyclic) bond motifs is 1. The number of ether oxygens (including phenoxy) is 2. The Hall–Kier alpha value is -5.91. The molecule has 3 N–H and O–H groups in total. The summed E-state index contributed by atoms with van der Waals surface area (Å²) in [7, 11) is 1.61. The number of aromatic nitrogens is 1. The van der Waals surface area contributed by atoms with E-state index in [-0.39, 0.29) is 11.6 Å². The first kappa shape index (κ1) is 34.9. The minimum Gasteiger partial charge on any atom is -0.497 e. The Morgan fingerprint density at radius 1 is 0.824 bits per heavy atom. The molecule has 1 heterocycles. The largest absolute Gasteiger partial charge is 0.497 e. The van der Waals surface area contributed by atoms with Crippen LogP contribution in [0.4, 0.5) is 10.8 Å². The fraction of sp³-hybridized carbons (Fsp3) is 0.100. The van der Waals surface area contributed by atoms with Gasteiger partial charge in [-0.15, -0.1) is 11.8 Å². The van der Waals surface area contributed by atoms with E-state index in [2.05, 4.69) is 20.9 Å². The van der Waals surface area contributed by atoms with Crippen molar-refractivity contribution in [2.45, 2.75) is 17.1 Å². The number of carbonyl (C=O) groups is 3. The van der Waals surface area contributed by atoms with Gasteiger partial charge >= 0.3 is 0 Å². The van der Waals surface area contributed by atoms with Gasteiger partial charge in [-0.2, -0.15) is 0 Å². The fourth-order valence-corrected chi connectivity index (χ4v) is 7.06. The second kappa shape index (κ2) is 16.7. The molecular formula is C40H34N4O5S2. The number of rotatable bonds is 13. The van der Waals surface area contributed by atoms with Crippen LogP contribution in [-0.4, -0.2) is 36.4 Å². The lowest BCUT2D eigenvalue weighted by Gasteiger charge is -2.17. The van der Waals surface area contributed by atoms with E-state index in [1.165, 1.54) is 23.1 Å². The van der Waals surface area contributed by atoms with Crippen molar-refractivity contribution < 1.29 is 23.9 Å². The first-order valence-electron chi connectivity index (χ1n) is 16.1. The SMILES string of the molecule is CCOc1ccc(/C=C(/NC(=O)c2ccccc2)C(=O)Nc2cccc(SC(C(=O)Nc3nc4ccc(OC)cc4s3)c3ccccc3)c2)cc1. The van der Waals surface area contributed by atoms with E-state index < -0.39 is 17.1 Å². The number of nitrogens with zero attached hydrogens (tertiary/aromatic N) is 1. The second-order valence-corrected chi connectivity index (χ2v) is 13.3. The Kier molecular flexibility index (Phi) is 11.4. The van der Waals surface area contributed by atoms with E-state index >= 15 is 0 Å². The maximum Gasteiger partial charge on any atom is 0.272 e. The van der Waals surface area contributed by atoms with E-state index in [1.54, 1.807) is 67.8 Å². The van der Waals surface area contributed by atoms with Gasteiger partial charge in [-0.1, -0.05) is 78.1 Å². The predicted octanol–water partition coefficient (Wildman–Crippen LogP) is 8.59. The van der Waals surface area contributed by atoms with Crippen LogP contribution in [0.1, 0.15) is 33.7 Å². The molecule has 0 aliphatic rings. The van der Waals surface area contributed by atoms with Crippen molar-refractivity contribution in [2.75, 3.05) is 24.4 Å². The van der Waals surface area contributed by atoms with Crippen LogP contribution < -0.4 is 25.4 Å². The molecule has 1 unspecified atom stereocenters. The second-order valence-electron chi connectivity index (χ2n) is 11.1. The van der Waals surface area contributed by atoms with Crippen LogP contribution in [0.15, 0.2) is 138 Å². The molecule has 1 aromatic heterocycles. The number of thioether (sulfide) groups is 1. The Morgan fingerprint density at radius 3 is 2.27 bits per heavy atom. The zero-order chi connectivity index (χ0) is 35.6. The molecule has 256 valence electrons. The molecule has 0 spiro atoms. The van der Waals surface area contributed by atoms with Crippen molar-refractivity contribution in [2.24, 2.45) is 0 Å². The lowest BCUT2D eigenvalue weighted by molar-refractivity contribution is -0.116. The van der Waals surface area contributed by atoms with Crippen LogP contribution in [0.2, 0.25) is 0 Å². The van der Waals surface area contributed by atoms with Crippen LogP contribution in [0.5, 0.6) is 11.5 Å². The van der Waals surface area contributed by atoms with Crippen LogP contribution >= 0.6 is 23.1 Å². The quantitative estimate of drug-likeness (QED) is 0.0810. The van der Waals surface area contributed by atoms with Crippen molar-refractivity contribution in [1.82, 2.24) is 10.3 Å². The van der Waals surface area contributed by atoms with Gasteiger partial charge in [0.15, 0.2) is 5.13 Å². The molecule has 1 atom stereocenters. The first-order valence-corrected chi connectivity index (χ1v) is 17.8. The lowest BCUT2D eigenvalue weighted by Crippen LogP contribution is -2.30. The zero-order valence-electron chi connectivity index (χ0n) is 27.8. The Labute approximate surface area is 303 Å². The normalized spacial score (nSPS) is 11.8. The smallest absolute Gasteiger partial charge is 0.272 e. The summed E-state index contributed by atoms with van der Waals surface area (Å²) in [6.45, 7) is 2.44. The lowest BCUT2D eigenvalue weighted by atomic mass is 10.1. The average Bonchev–Trinajstić information content (AvgIpc) is 3.56. The molecule has 0 radical (unpaired) electrons. The summed E-state index contributed by atoms with van der Waals surface area (Å²) >= 11 is 2.72. The highest BCUT2D eigenvalue weighted by atomic mass is 32.2. The van der Waals surface area contributed by atoms with Crippen LogP contribution in [0, 0.1) is 0 Å². The Morgan fingerprint density at radius 2 is 1.55 bits per heavy atom. The van der Waals surface area contributed by atoms with Gasteiger partial charge in [-0.25, -0.2) is 4.98 Å². The third-order valence-electron chi connectivity index (χ3n) is 7.54. The van der Waals surface area contributed by atoms with Crippen LogP contribution in [-0.2, 0) is 9.59 Å². The number of nitrogens with one attached hydrogen (secondary N) is 3. The van der Waals surface area contributed by atoms with Gasteiger partial charge in [0, 0.05) is 16.1 Å². The number of hydrogen-bond acceptors (Lipinski definition) is 8. The molecule has 5 aromatic carbocycles. The molecule has 3 amide bonds. The van der Waals surface area contributed by atoms with Gasteiger partial charge < -0.3 is 25.4 Å². The minimum absolute atomic E-state index is 0.0565. The van der Waals surface area contributed by atoms with E-state index in [9.17, 15) is 14.4 Å². The summed E-state index contributed by atoms with van der Waals surface area (Å²) in [5.41, 5.74) is 3.23. The van der Waals surface area contributed by atoms with Crippen LogP contribution in [0.3, 0.4) is 0 Å². The molecule has 0 aliphatic heterocycles. The third-order valence-corrected chi connectivity index (χ3v) is 9.72. The molecule has 0 fully saturated rings. The summed E-state index contributed by atoms with van der Waals surface area (Å²) < 4.78 is 11.8. The average molecular weight is 715 g/mol. The standard InChI is InChI=1S/C40H34N4O5S2/c1-3-49-30-19-17-26(18-20-30)23-34(42-37(45)28-13-8-5-9-14-28)38(46)41-29-15-10-16-32(24-29)50-36(27-11-6-4-7-12-27)39(47)44-40-43-33-22-21-31(48-2)25-35(33)51-40/h4-25,36H,3H2,1-2H3,(H,41,46)(H,42,45)(H,43,44,47)/b34-23+. The summed E-state index contributed by atoms with van der Waals surface area (Å²) in [6, 6.07) is 38.2. The fourth-order valence-electron chi connectivity index (χ4n) is 5.07. The summed E-state index contributed by atoms with van der Waals surface area (Å²) in [6.07, 6.45) is 1.61. The predicted molar refractivity (Wildman–Crippen MR) is 204 cm³/mol. The van der Waals surface area contributed by atoms with Crippen LogP contribution in [0.25, 0.3) is 16.3 Å². The molecule has 0 bridgehead atoms. The maximum absolute atomic E-state index is 13.8. The molecule has 51 heavy (non-hydrogen) atoms. The third kappa shape index (κ3) is 9.21. The number of benzene rings is 5. The Balaban J connectivity index is 1.22. The van der Waals surface area contributed by atoms with Gasteiger partial charge in [-0.05, 0) is 84.8 Å². The molecule has 11 heteroatoms. The highest BCUT2D eigenvalue weighted by molar-refractivity contribution is 8.00. The monoisotopic (exact) mass is 714 g/mol. The number of thiazole rings is 1.